The summed E-state index contributed by atoms with van der Waals surface area (Å²) in [4.78, 5) is 15.3. The highest BCUT2D eigenvalue weighted by Gasteiger charge is 2.22. The molecular weight excluding hydrogens is 334 g/mol. The Hall–Kier alpha value is -2.47. The molecular formula is C15H10BrN3O2. The zero-order chi connectivity index (χ0) is 14.8. The lowest BCUT2D eigenvalue weighted by Gasteiger charge is -2.07. The molecule has 0 fully saturated rings. The second-order valence-corrected chi connectivity index (χ2v) is 5.09. The quantitative estimate of drug-likeness (QED) is 0.791. The van der Waals surface area contributed by atoms with Gasteiger partial charge in [0.2, 0.25) is 0 Å². The van der Waals surface area contributed by atoms with Crippen molar-refractivity contribution in [2.75, 3.05) is 0 Å². The van der Waals surface area contributed by atoms with Crippen LogP contribution in [0.4, 0.5) is 0 Å². The van der Waals surface area contributed by atoms with Gasteiger partial charge in [-0.25, -0.2) is 9.48 Å². The highest BCUT2D eigenvalue weighted by molar-refractivity contribution is 9.10. The van der Waals surface area contributed by atoms with Gasteiger partial charge in [-0.2, -0.15) is 5.10 Å². The van der Waals surface area contributed by atoms with E-state index in [9.17, 15) is 9.90 Å². The van der Waals surface area contributed by atoms with Crippen LogP contribution < -0.4 is 0 Å². The van der Waals surface area contributed by atoms with E-state index in [-0.39, 0.29) is 5.69 Å². The number of rotatable bonds is 3. The number of halogens is 1. The van der Waals surface area contributed by atoms with Crippen LogP contribution in [0, 0.1) is 0 Å². The SMILES string of the molecule is O=C(O)c1nn(-c2ccncc2)c(-c2ccccc2)c1Br. The van der Waals surface area contributed by atoms with Gasteiger partial charge in [0.15, 0.2) is 5.69 Å². The van der Waals surface area contributed by atoms with Crippen LogP contribution in [-0.4, -0.2) is 25.8 Å². The summed E-state index contributed by atoms with van der Waals surface area (Å²) in [7, 11) is 0. The summed E-state index contributed by atoms with van der Waals surface area (Å²) in [6.07, 6.45) is 3.28. The van der Waals surface area contributed by atoms with Crippen molar-refractivity contribution in [1.82, 2.24) is 14.8 Å². The number of aromatic nitrogens is 3. The maximum Gasteiger partial charge on any atom is 0.357 e. The third-order valence-electron chi connectivity index (χ3n) is 2.98. The van der Waals surface area contributed by atoms with E-state index in [0.29, 0.717) is 10.2 Å². The van der Waals surface area contributed by atoms with Crippen LogP contribution in [0.5, 0.6) is 0 Å². The van der Waals surface area contributed by atoms with Crippen LogP contribution in [0.2, 0.25) is 0 Å². The van der Waals surface area contributed by atoms with Gasteiger partial charge < -0.3 is 5.11 Å². The number of carboxylic acid groups (broad SMARTS) is 1. The molecule has 0 bridgehead atoms. The van der Waals surface area contributed by atoms with Crippen molar-refractivity contribution in [3.8, 4) is 16.9 Å². The Morgan fingerprint density at radius 2 is 1.76 bits per heavy atom. The van der Waals surface area contributed by atoms with Crippen molar-refractivity contribution in [3.63, 3.8) is 0 Å². The molecule has 3 rings (SSSR count). The summed E-state index contributed by atoms with van der Waals surface area (Å²) >= 11 is 3.36. The number of hydrogen-bond donors (Lipinski definition) is 1. The van der Waals surface area contributed by atoms with Crippen molar-refractivity contribution in [2.45, 2.75) is 0 Å². The maximum atomic E-state index is 11.3. The monoisotopic (exact) mass is 343 g/mol. The molecule has 0 aliphatic heterocycles. The normalized spacial score (nSPS) is 10.5. The highest BCUT2D eigenvalue weighted by atomic mass is 79.9. The van der Waals surface area contributed by atoms with Crippen molar-refractivity contribution in [1.29, 1.82) is 0 Å². The summed E-state index contributed by atoms with van der Waals surface area (Å²) in [5.41, 5.74) is 2.29. The Labute approximate surface area is 129 Å². The molecule has 0 amide bonds. The first-order valence-corrected chi connectivity index (χ1v) is 6.95. The molecule has 0 aliphatic rings. The summed E-state index contributed by atoms with van der Waals surface area (Å²) in [6.45, 7) is 0. The molecule has 0 unspecified atom stereocenters. The lowest BCUT2D eigenvalue weighted by molar-refractivity contribution is 0.0689. The summed E-state index contributed by atoms with van der Waals surface area (Å²) in [5, 5.41) is 13.5. The summed E-state index contributed by atoms with van der Waals surface area (Å²) in [5.74, 6) is -1.08. The Bertz CT molecular complexity index is 785. The zero-order valence-electron chi connectivity index (χ0n) is 10.8. The molecule has 21 heavy (non-hydrogen) atoms. The van der Waals surface area contributed by atoms with Gasteiger partial charge in [-0.05, 0) is 28.1 Å². The number of carbonyl (C=O) groups is 1. The topological polar surface area (TPSA) is 68.0 Å². The average Bonchev–Trinajstić information content (AvgIpc) is 2.87. The molecule has 1 N–H and O–H groups in total. The van der Waals surface area contributed by atoms with Gasteiger partial charge in [-0.1, -0.05) is 30.3 Å². The first kappa shape index (κ1) is 13.5. The molecule has 2 heterocycles. The van der Waals surface area contributed by atoms with Crippen LogP contribution in [0.15, 0.2) is 59.3 Å². The molecule has 3 aromatic rings. The Balaban J connectivity index is 2.29. The zero-order valence-corrected chi connectivity index (χ0v) is 12.4. The molecule has 0 radical (unpaired) electrons. The van der Waals surface area contributed by atoms with E-state index in [1.807, 2.05) is 30.3 Å². The lowest BCUT2D eigenvalue weighted by Crippen LogP contribution is -2.02. The first-order chi connectivity index (χ1) is 10.2. The largest absolute Gasteiger partial charge is 0.476 e. The predicted molar refractivity (Wildman–Crippen MR) is 81.5 cm³/mol. The minimum absolute atomic E-state index is 0.0225. The Morgan fingerprint density at radius 1 is 1.10 bits per heavy atom. The van der Waals surface area contributed by atoms with Gasteiger partial charge in [-0.15, -0.1) is 0 Å². The average molecular weight is 344 g/mol. The fourth-order valence-corrected chi connectivity index (χ4v) is 2.70. The van der Waals surface area contributed by atoms with E-state index in [4.69, 9.17) is 0 Å². The Kier molecular flexibility index (Phi) is 3.53. The van der Waals surface area contributed by atoms with Gasteiger partial charge in [-0.3, -0.25) is 4.98 Å². The highest BCUT2D eigenvalue weighted by Crippen LogP contribution is 2.33. The number of nitrogens with zero attached hydrogens (tertiary/aromatic N) is 3. The minimum Gasteiger partial charge on any atom is -0.476 e. The molecule has 0 atom stereocenters. The van der Waals surface area contributed by atoms with Crippen LogP contribution in [0.25, 0.3) is 16.9 Å². The van der Waals surface area contributed by atoms with Crippen molar-refractivity contribution < 1.29 is 9.90 Å². The molecule has 104 valence electrons. The lowest BCUT2D eigenvalue weighted by atomic mass is 10.1. The number of hydrogen-bond acceptors (Lipinski definition) is 3. The third-order valence-corrected chi connectivity index (χ3v) is 3.74. The van der Waals surface area contributed by atoms with Gasteiger partial charge in [0.1, 0.15) is 0 Å². The van der Waals surface area contributed by atoms with Crippen LogP contribution in [0.1, 0.15) is 10.5 Å². The molecule has 0 aliphatic carbocycles. The van der Waals surface area contributed by atoms with Gasteiger partial charge >= 0.3 is 5.97 Å². The standard InChI is InChI=1S/C15H10BrN3O2/c16-12-13(15(20)21)18-19(11-6-8-17-9-7-11)14(12)10-4-2-1-3-5-10/h1-9H,(H,20,21). The predicted octanol–water partition coefficient (Wildman–Crippen LogP) is 3.40. The summed E-state index contributed by atoms with van der Waals surface area (Å²) in [6, 6.07) is 13.1. The first-order valence-electron chi connectivity index (χ1n) is 6.16. The van der Waals surface area contributed by atoms with Gasteiger partial charge in [0.05, 0.1) is 15.9 Å². The minimum atomic E-state index is -1.08. The molecule has 5 nitrogen and oxygen atoms in total. The smallest absolute Gasteiger partial charge is 0.357 e. The van der Waals surface area contributed by atoms with E-state index >= 15 is 0 Å². The van der Waals surface area contributed by atoms with E-state index < -0.39 is 5.97 Å². The van der Waals surface area contributed by atoms with E-state index in [0.717, 1.165) is 11.3 Å². The second-order valence-electron chi connectivity index (χ2n) is 4.30. The van der Waals surface area contributed by atoms with E-state index in [2.05, 4.69) is 26.0 Å². The fraction of sp³-hybridized carbons (Fsp3) is 0. The van der Waals surface area contributed by atoms with Crippen LogP contribution in [0.3, 0.4) is 0 Å². The van der Waals surface area contributed by atoms with Crippen LogP contribution in [-0.2, 0) is 0 Å². The molecule has 2 aromatic heterocycles. The Morgan fingerprint density at radius 3 is 2.38 bits per heavy atom. The second kappa shape index (κ2) is 5.49. The number of aromatic carboxylic acids is 1. The molecule has 0 saturated heterocycles. The van der Waals surface area contributed by atoms with Gasteiger partial charge in [0, 0.05) is 18.0 Å². The molecule has 0 spiro atoms. The number of carboxylic acids is 1. The van der Waals surface area contributed by atoms with E-state index in [1.165, 1.54) is 0 Å². The molecule has 6 heteroatoms. The molecule has 0 saturated carbocycles. The third kappa shape index (κ3) is 2.45. The summed E-state index contributed by atoms with van der Waals surface area (Å²) < 4.78 is 2.06. The van der Waals surface area contributed by atoms with Gasteiger partial charge in [0.25, 0.3) is 0 Å². The fourth-order valence-electron chi connectivity index (χ4n) is 2.05. The van der Waals surface area contributed by atoms with E-state index in [1.54, 1.807) is 29.2 Å². The van der Waals surface area contributed by atoms with Crippen LogP contribution >= 0.6 is 15.9 Å². The number of pyridine rings is 1. The maximum absolute atomic E-state index is 11.3. The van der Waals surface area contributed by atoms with Crippen molar-refractivity contribution in [2.24, 2.45) is 0 Å². The van der Waals surface area contributed by atoms with Crippen molar-refractivity contribution >= 4 is 21.9 Å². The molecule has 1 aromatic carbocycles. The number of benzene rings is 1. The van der Waals surface area contributed by atoms with Crippen molar-refractivity contribution in [3.05, 3.63) is 65.0 Å².